The molecule has 0 heterocycles. The molecule has 0 saturated heterocycles. The first-order valence-corrected chi connectivity index (χ1v) is 4.89. The molecule has 1 aliphatic rings. The predicted molar refractivity (Wildman–Crippen MR) is 50.4 cm³/mol. The first kappa shape index (κ1) is 9.09. The summed E-state index contributed by atoms with van der Waals surface area (Å²) < 4.78 is 0. The van der Waals surface area contributed by atoms with Crippen LogP contribution in [0.25, 0.3) is 0 Å². The van der Waals surface area contributed by atoms with Crippen molar-refractivity contribution in [2.45, 2.75) is 41.5 Å². The van der Waals surface area contributed by atoms with Crippen LogP contribution in [-0.2, 0) is 0 Å². The largest absolute Gasteiger partial charge is 0.0620 e. The Kier molecular flexibility index (Phi) is 2.07. The van der Waals surface area contributed by atoms with Crippen molar-refractivity contribution in [1.82, 2.24) is 0 Å². The van der Waals surface area contributed by atoms with Gasteiger partial charge in [0, 0.05) is 0 Å². The lowest BCUT2D eigenvalue weighted by Crippen LogP contribution is -2.22. The molecule has 0 amide bonds. The fraction of sp³-hybridized carbons (Fsp3) is 1.00. The van der Waals surface area contributed by atoms with Gasteiger partial charge in [0.2, 0.25) is 0 Å². The van der Waals surface area contributed by atoms with Gasteiger partial charge in [-0.2, -0.15) is 0 Å². The Morgan fingerprint density at radius 3 is 1.09 bits per heavy atom. The molecule has 1 fully saturated rings. The van der Waals surface area contributed by atoms with Crippen LogP contribution in [0.2, 0.25) is 0 Å². The van der Waals surface area contributed by atoms with E-state index < -0.39 is 0 Å². The van der Waals surface area contributed by atoms with Crippen molar-refractivity contribution in [3.05, 3.63) is 0 Å². The average molecular weight is 154 g/mol. The molecule has 1 aliphatic carbocycles. The summed E-state index contributed by atoms with van der Waals surface area (Å²) in [5, 5.41) is 0. The van der Waals surface area contributed by atoms with Crippen molar-refractivity contribution < 1.29 is 0 Å². The summed E-state index contributed by atoms with van der Waals surface area (Å²) in [6, 6.07) is 0. The van der Waals surface area contributed by atoms with Crippen molar-refractivity contribution in [3.63, 3.8) is 0 Å². The highest BCUT2D eigenvalue weighted by Gasteiger charge is 2.46. The van der Waals surface area contributed by atoms with Gasteiger partial charge in [-0.1, -0.05) is 41.5 Å². The van der Waals surface area contributed by atoms with Crippen LogP contribution < -0.4 is 0 Å². The highest BCUT2D eigenvalue weighted by atomic mass is 14.5. The third kappa shape index (κ3) is 1.11. The van der Waals surface area contributed by atoms with Crippen molar-refractivity contribution in [1.29, 1.82) is 0 Å². The van der Waals surface area contributed by atoms with Gasteiger partial charge >= 0.3 is 0 Å². The van der Waals surface area contributed by atoms with E-state index in [-0.39, 0.29) is 0 Å². The molecule has 1 saturated carbocycles. The van der Waals surface area contributed by atoms with Gasteiger partial charge in [-0.05, 0) is 29.1 Å². The van der Waals surface area contributed by atoms with Crippen molar-refractivity contribution in [3.8, 4) is 0 Å². The second kappa shape index (κ2) is 2.50. The first-order chi connectivity index (χ1) is 4.89. The van der Waals surface area contributed by atoms with Gasteiger partial charge < -0.3 is 0 Å². The second-order valence-corrected chi connectivity index (χ2v) is 5.12. The molecule has 0 heteroatoms. The van der Waals surface area contributed by atoms with Crippen LogP contribution >= 0.6 is 0 Å². The van der Waals surface area contributed by atoms with Crippen LogP contribution in [0.15, 0.2) is 0 Å². The van der Waals surface area contributed by atoms with Crippen LogP contribution in [0, 0.1) is 29.1 Å². The number of hydrogen-bond donors (Lipinski definition) is 0. The molecule has 66 valence electrons. The van der Waals surface area contributed by atoms with Crippen molar-refractivity contribution in [2.75, 3.05) is 0 Å². The standard InChI is InChI=1S/C11H22/c1-7-8(2)10(4)11(5,6)9(7)3/h7-10H,1-6H3/t7-,8?,9?,10+/m1/s1. The van der Waals surface area contributed by atoms with Crippen LogP contribution in [0.4, 0.5) is 0 Å². The van der Waals surface area contributed by atoms with Gasteiger partial charge in [-0.3, -0.25) is 0 Å². The van der Waals surface area contributed by atoms with E-state index >= 15 is 0 Å². The van der Waals surface area contributed by atoms with E-state index in [2.05, 4.69) is 41.5 Å². The van der Waals surface area contributed by atoms with E-state index in [0.717, 1.165) is 23.7 Å². The van der Waals surface area contributed by atoms with E-state index in [0.29, 0.717) is 5.41 Å². The molecular weight excluding hydrogens is 132 g/mol. The molecule has 0 radical (unpaired) electrons. The summed E-state index contributed by atoms with van der Waals surface area (Å²) >= 11 is 0. The third-order valence-electron chi connectivity index (χ3n) is 4.75. The lowest BCUT2D eigenvalue weighted by Gasteiger charge is -2.30. The monoisotopic (exact) mass is 154 g/mol. The lowest BCUT2D eigenvalue weighted by atomic mass is 9.76. The smallest absolute Gasteiger partial charge is 0.0298 e. The van der Waals surface area contributed by atoms with Gasteiger partial charge in [0.25, 0.3) is 0 Å². The van der Waals surface area contributed by atoms with E-state index in [1.165, 1.54) is 0 Å². The molecule has 0 bridgehead atoms. The Bertz CT molecular complexity index is 130. The molecule has 0 aromatic heterocycles. The minimum Gasteiger partial charge on any atom is -0.0620 e. The Hall–Kier alpha value is 0. The van der Waals surface area contributed by atoms with Gasteiger partial charge in [-0.15, -0.1) is 0 Å². The first-order valence-electron chi connectivity index (χ1n) is 4.89. The van der Waals surface area contributed by atoms with E-state index in [9.17, 15) is 0 Å². The summed E-state index contributed by atoms with van der Waals surface area (Å²) in [7, 11) is 0. The Morgan fingerprint density at radius 1 is 0.727 bits per heavy atom. The van der Waals surface area contributed by atoms with Crippen LogP contribution in [0.1, 0.15) is 41.5 Å². The minimum atomic E-state index is 0.554. The molecule has 1 rings (SSSR count). The topological polar surface area (TPSA) is 0 Å². The highest BCUT2D eigenvalue weighted by Crippen LogP contribution is 2.53. The normalized spacial score (nSPS) is 49.6. The van der Waals surface area contributed by atoms with Crippen LogP contribution in [0.3, 0.4) is 0 Å². The fourth-order valence-corrected chi connectivity index (χ4v) is 2.68. The number of rotatable bonds is 0. The second-order valence-electron chi connectivity index (χ2n) is 5.12. The van der Waals surface area contributed by atoms with Gasteiger partial charge in [0.1, 0.15) is 0 Å². The minimum absolute atomic E-state index is 0.554. The molecule has 4 atom stereocenters. The summed E-state index contributed by atoms with van der Waals surface area (Å²) in [4.78, 5) is 0. The van der Waals surface area contributed by atoms with Crippen molar-refractivity contribution >= 4 is 0 Å². The Balaban J connectivity index is 2.87. The molecule has 2 unspecified atom stereocenters. The predicted octanol–water partition coefficient (Wildman–Crippen LogP) is 3.57. The Morgan fingerprint density at radius 2 is 1.00 bits per heavy atom. The van der Waals surface area contributed by atoms with Crippen LogP contribution in [0.5, 0.6) is 0 Å². The van der Waals surface area contributed by atoms with Crippen LogP contribution in [-0.4, -0.2) is 0 Å². The maximum atomic E-state index is 2.42. The third-order valence-corrected chi connectivity index (χ3v) is 4.75. The van der Waals surface area contributed by atoms with E-state index in [1.54, 1.807) is 0 Å². The summed E-state index contributed by atoms with van der Waals surface area (Å²) in [5.41, 5.74) is 0.554. The lowest BCUT2D eigenvalue weighted by molar-refractivity contribution is 0.193. The molecule has 0 N–H and O–H groups in total. The number of hydrogen-bond acceptors (Lipinski definition) is 0. The average Bonchev–Trinajstić information content (AvgIpc) is 2.06. The summed E-state index contributed by atoms with van der Waals surface area (Å²) in [5.74, 6) is 3.57. The molecule has 11 heavy (non-hydrogen) atoms. The Labute approximate surface area is 71.4 Å². The molecule has 0 nitrogen and oxygen atoms in total. The van der Waals surface area contributed by atoms with Gasteiger partial charge in [0.05, 0.1) is 0 Å². The van der Waals surface area contributed by atoms with Crippen molar-refractivity contribution in [2.24, 2.45) is 29.1 Å². The molecular formula is C11H22. The quantitative estimate of drug-likeness (QED) is 0.500. The van der Waals surface area contributed by atoms with E-state index in [1.807, 2.05) is 0 Å². The van der Waals surface area contributed by atoms with Gasteiger partial charge in [0.15, 0.2) is 0 Å². The molecule has 0 aromatic rings. The zero-order valence-electron chi connectivity index (χ0n) is 8.81. The maximum absolute atomic E-state index is 2.42. The molecule has 0 spiro atoms. The highest BCUT2D eigenvalue weighted by molar-refractivity contribution is 4.95. The molecule has 0 aromatic carbocycles. The summed E-state index contributed by atoms with van der Waals surface area (Å²) in [6.45, 7) is 14.5. The zero-order valence-corrected chi connectivity index (χ0v) is 8.81. The summed E-state index contributed by atoms with van der Waals surface area (Å²) in [6.07, 6.45) is 0. The SMILES string of the molecule is CC1[C@@H](C)C(C)C(C)(C)[C@H]1C. The van der Waals surface area contributed by atoms with Gasteiger partial charge in [-0.25, -0.2) is 0 Å². The zero-order chi connectivity index (χ0) is 8.81. The maximum Gasteiger partial charge on any atom is -0.0298 e. The molecule has 0 aliphatic heterocycles. The van der Waals surface area contributed by atoms with E-state index in [4.69, 9.17) is 0 Å². The fourth-order valence-electron chi connectivity index (χ4n) is 2.68.